The van der Waals surface area contributed by atoms with Crippen LogP contribution < -0.4 is 4.80 Å². The van der Waals surface area contributed by atoms with Crippen LogP contribution in [0.25, 0.3) is 11.6 Å². The Morgan fingerprint density at radius 1 is 0.938 bits per heavy atom. The molecule has 1 unspecified atom stereocenters. The van der Waals surface area contributed by atoms with Crippen LogP contribution in [0.1, 0.15) is 35.9 Å². The molecular formula is C27H23N3OS. The fraction of sp³-hybridized carbons (Fsp3) is 0.111. The molecule has 0 spiro atoms. The summed E-state index contributed by atoms with van der Waals surface area (Å²) >= 11 is 1.48. The molecule has 1 aromatic heterocycles. The Hall–Kier alpha value is -3.70. The van der Waals surface area contributed by atoms with Crippen LogP contribution in [-0.4, -0.2) is 15.4 Å². The summed E-state index contributed by atoms with van der Waals surface area (Å²) < 4.78 is 1.91. The Morgan fingerprint density at radius 3 is 2.34 bits per heavy atom. The second kappa shape index (κ2) is 8.44. The van der Waals surface area contributed by atoms with Crippen molar-refractivity contribution in [2.24, 2.45) is 9.98 Å². The van der Waals surface area contributed by atoms with E-state index >= 15 is 0 Å². The van der Waals surface area contributed by atoms with Gasteiger partial charge in [-0.05, 0) is 43.7 Å². The van der Waals surface area contributed by atoms with E-state index in [-0.39, 0.29) is 11.9 Å². The Morgan fingerprint density at radius 2 is 1.59 bits per heavy atom. The molecule has 0 saturated carbocycles. The zero-order valence-corrected chi connectivity index (χ0v) is 18.8. The Labute approximate surface area is 191 Å². The third kappa shape index (κ3) is 3.72. The van der Waals surface area contributed by atoms with E-state index in [9.17, 15) is 5.11 Å². The average Bonchev–Trinajstić information content (AvgIpc) is 3.30. The van der Waals surface area contributed by atoms with Crippen LogP contribution >= 0.6 is 11.3 Å². The average molecular weight is 438 g/mol. The van der Waals surface area contributed by atoms with Gasteiger partial charge in [0.15, 0.2) is 4.80 Å². The molecule has 158 valence electrons. The van der Waals surface area contributed by atoms with Gasteiger partial charge >= 0.3 is 0 Å². The number of aromatic nitrogens is 1. The van der Waals surface area contributed by atoms with Gasteiger partial charge in [0, 0.05) is 16.8 Å². The number of aromatic hydroxyl groups is 1. The molecule has 1 aliphatic rings. The van der Waals surface area contributed by atoms with Gasteiger partial charge in [-0.15, -0.1) is 0 Å². The number of hydrogen-bond donors (Lipinski definition) is 1. The second-order valence-corrected chi connectivity index (χ2v) is 8.76. The highest BCUT2D eigenvalue weighted by Gasteiger charge is 2.21. The third-order valence-electron chi connectivity index (χ3n) is 5.65. The quantitative estimate of drug-likeness (QED) is 0.377. The molecule has 0 saturated heterocycles. The summed E-state index contributed by atoms with van der Waals surface area (Å²) in [4.78, 5) is 11.1. The van der Waals surface area contributed by atoms with Crippen LogP contribution in [0.2, 0.25) is 0 Å². The Bertz CT molecular complexity index is 1400. The second-order valence-electron chi connectivity index (χ2n) is 7.75. The highest BCUT2D eigenvalue weighted by Crippen LogP contribution is 2.38. The monoisotopic (exact) mass is 437 g/mol. The molecule has 5 heteroatoms. The van der Waals surface area contributed by atoms with Gasteiger partial charge in [0.05, 0.1) is 22.3 Å². The third-order valence-corrected chi connectivity index (χ3v) is 6.64. The number of thiazole rings is 1. The number of para-hydroxylation sites is 2. The maximum Gasteiger partial charge on any atom is 0.211 e. The van der Waals surface area contributed by atoms with Crippen molar-refractivity contribution in [1.29, 1.82) is 0 Å². The molecule has 4 nitrogen and oxygen atoms in total. The first-order valence-electron chi connectivity index (χ1n) is 10.6. The molecule has 0 radical (unpaired) electrons. The Balaban J connectivity index is 1.69. The zero-order chi connectivity index (χ0) is 22.1. The number of aliphatic imine (C=N–C) groups is 1. The molecular weight excluding hydrogens is 414 g/mol. The summed E-state index contributed by atoms with van der Waals surface area (Å²) in [6, 6.07) is 28.0. The van der Waals surface area contributed by atoms with E-state index in [1.165, 1.54) is 11.3 Å². The Kier molecular flexibility index (Phi) is 5.33. The molecule has 2 heterocycles. The van der Waals surface area contributed by atoms with Gasteiger partial charge in [-0.2, -0.15) is 0 Å². The van der Waals surface area contributed by atoms with E-state index in [0.29, 0.717) is 0 Å². The smallest absolute Gasteiger partial charge is 0.211 e. The van der Waals surface area contributed by atoms with E-state index in [0.717, 1.165) is 43.5 Å². The first-order valence-corrected chi connectivity index (χ1v) is 11.4. The van der Waals surface area contributed by atoms with E-state index in [2.05, 4.69) is 30.1 Å². The molecule has 32 heavy (non-hydrogen) atoms. The molecule has 0 aliphatic carbocycles. The number of fused-ring (bicyclic) bond motifs is 1. The van der Waals surface area contributed by atoms with E-state index in [1.54, 1.807) is 0 Å². The fourth-order valence-corrected chi connectivity index (χ4v) is 5.02. The van der Waals surface area contributed by atoms with Crippen molar-refractivity contribution in [3.63, 3.8) is 0 Å². The molecule has 4 aromatic rings. The zero-order valence-electron chi connectivity index (χ0n) is 17.9. The number of allylic oxidation sites excluding steroid dienone is 1. The van der Waals surface area contributed by atoms with Crippen molar-refractivity contribution in [2.45, 2.75) is 19.9 Å². The van der Waals surface area contributed by atoms with Crippen molar-refractivity contribution in [3.8, 4) is 5.88 Å². The van der Waals surface area contributed by atoms with Crippen molar-refractivity contribution in [2.75, 3.05) is 0 Å². The van der Waals surface area contributed by atoms with Gasteiger partial charge in [0.25, 0.3) is 0 Å². The minimum atomic E-state index is -0.0762. The van der Waals surface area contributed by atoms with E-state index in [1.807, 2.05) is 84.3 Å². The summed E-state index contributed by atoms with van der Waals surface area (Å²) in [6.07, 6.45) is 2.03. The van der Waals surface area contributed by atoms with Gasteiger partial charge in [0.1, 0.15) is 0 Å². The van der Waals surface area contributed by atoms with Crippen LogP contribution in [0.5, 0.6) is 5.88 Å². The van der Waals surface area contributed by atoms with Crippen LogP contribution in [0.3, 0.4) is 0 Å². The maximum absolute atomic E-state index is 11.3. The molecule has 1 N–H and O–H groups in total. The highest BCUT2D eigenvalue weighted by molar-refractivity contribution is 7.10. The predicted molar refractivity (Wildman–Crippen MR) is 133 cm³/mol. The van der Waals surface area contributed by atoms with Gasteiger partial charge in [-0.25, -0.2) is 4.99 Å². The normalized spacial score (nSPS) is 15.6. The largest absolute Gasteiger partial charge is 0.493 e. The molecule has 1 atom stereocenters. The van der Waals surface area contributed by atoms with Gasteiger partial charge < -0.3 is 5.11 Å². The lowest BCUT2D eigenvalue weighted by Gasteiger charge is -2.15. The van der Waals surface area contributed by atoms with Gasteiger partial charge in [-0.3, -0.25) is 9.56 Å². The van der Waals surface area contributed by atoms with Crippen molar-refractivity contribution < 1.29 is 5.11 Å². The van der Waals surface area contributed by atoms with Crippen LogP contribution in [0.4, 0.5) is 11.4 Å². The first kappa shape index (κ1) is 20.2. The molecule has 0 amide bonds. The number of benzene rings is 3. The summed E-state index contributed by atoms with van der Waals surface area (Å²) in [6.45, 7) is 4.09. The standard InChI is InChI=1S/C27H23N3OS/c1-18-23(22-15-9-10-16-24(22)28-18)17-25-26(31)30(19(2)20-11-5-3-6-12-20)27(32-25)29-21-13-7-4-8-14-21/h3-17,19,31H,1-2H3. The maximum atomic E-state index is 11.3. The summed E-state index contributed by atoms with van der Waals surface area (Å²) in [5, 5.41) is 11.3. The lowest BCUT2D eigenvalue weighted by Crippen LogP contribution is -2.19. The molecule has 5 rings (SSSR count). The minimum Gasteiger partial charge on any atom is -0.493 e. The summed E-state index contributed by atoms with van der Waals surface area (Å²) in [7, 11) is 0. The van der Waals surface area contributed by atoms with Gasteiger partial charge in [0.2, 0.25) is 5.88 Å². The molecule has 0 fully saturated rings. The van der Waals surface area contributed by atoms with Crippen molar-refractivity contribution in [3.05, 3.63) is 106 Å². The predicted octanol–water partition coefficient (Wildman–Crippen LogP) is 6.74. The summed E-state index contributed by atoms with van der Waals surface area (Å²) in [5.41, 5.74) is 5.99. The van der Waals surface area contributed by atoms with Crippen molar-refractivity contribution in [1.82, 2.24) is 4.57 Å². The van der Waals surface area contributed by atoms with Crippen LogP contribution in [0, 0.1) is 0 Å². The SMILES string of the molecule is CC1=Nc2ccccc2C1=Cc1sc(=Nc2ccccc2)n(C(C)c2ccccc2)c1O. The number of rotatable bonds is 4. The van der Waals surface area contributed by atoms with Crippen LogP contribution in [0.15, 0.2) is 94.9 Å². The molecule has 1 aliphatic heterocycles. The van der Waals surface area contributed by atoms with E-state index in [4.69, 9.17) is 4.99 Å². The lowest BCUT2D eigenvalue weighted by atomic mass is 10.0. The van der Waals surface area contributed by atoms with E-state index < -0.39 is 0 Å². The summed E-state index contributed by atoms with van der Waals surface area (Å²) in [5.74, 6) is 0.214. The van der Waals surface area contributed by atoms with Gasteiger partial charge in [-0.1, -0.05) is 78.1 Å². The highest BCUT2D eigenvalue weighted by atomic mass is 32.1. The minimum absolute atomic E-state index is 0.0762. The van der Waals surface area contributed by atoms with Crippen molar-refractivity contribution >= 4 is 40.1 Å². The number of nitrogens with zero attached hydrogens (tertiary/aromatic N) is 3. The topological polar surface area (TPSA) is 49.9 Å². The molecule has 3 aromatic carbocycles. The lowest BCUT2D eigenvalue weighted by molar-refractivity contribution is 0.400. The first-order chi connectivity index (χ1) is 15.6. The van der Waals surface area contributed by atoms with Crippen LogP contribution in [-0.2, 0) is 0 Å². The molecule has 0 bridgehead atoms. The fourth-order valence-electron chi connectivity index (χ4n) is 3.96. The number of hydrogen-bond acceptors (Lipinski definition) is 4.